The molecule has 3 rings (SSSR count). The van der Waals surface area contributed by atoms with Gasteiger partial charge < -0.3 is 5.73 Å². The molecule has 116 valence electrons. The zero-order valence-electron chi connectivity index (χ0n) is 12.2. The highest BCUT2D eigenvalue weighted by molar-refractivity contribution is 6.06. The third-order valence-corrected chi connectivity index (χ3v) is 3.16. The number of hydrazone groups is 1. The second-order valence-electron chi connectivity index (χ2n) is 4.86. The number of rotatable bonds is 3. The molecule has 0 radical (unpaired) electrons. The minimum absolute atomic E-state index is 0.0505. The van der Waals surface area contributed by atoms with Gasteiger partial charge in [-0.25, -0.2) is 20.2 Å². The molecule has 2 aromatic heterocycles. The SMILES string of the molecule is CC1=NNC(=O)N(c2nc(-c3ccccn3)ncc2C(N)=O)C1. The molecule has 3 N–H and O–H groups in total. The highest BCUT2D eigenvalue weighted by atomic mass is 16.2. The van der Waals surface area contributed by atoms with Gasteiger partial charge in [-0.2, -0.15) is 5.10 Å². The second-order valence-corrected chi connectivity index (χ2v) is 4.86. The molecule has 0 aromatic carbocycles. The van der Waals surface area contributed by atoms with Gasteiger partial charge in [-0.05, 0) is 19.1 Å². The van der Waals surface area contributed by atoms with E-state index in [0.29, 0.717) is 17.2 Å². The Morgan fingerprint density at radius 1 is 1.35 bits per heavy atom. The van der Waals surface area contributed by atoms with Crippen molar-refractivity contribution in [1.82, 2.24) is 20.4 Å². The van der Waals surface area contributed by atoms with Crippen LogP contribution < -0.4 is 16.1 Å². The van der Waals surface area contributed by atoms with Crippen LogP contribution in [0.3, 0.4) is 0 Å². The molecule has 0 aliphatic carbocycles. The van der Waals surface area contributed by atoms with Crippen molar-refractivity contribution in [2.24, 2.45) is 10.8 Å². The Hall–Kier alpha value is -3.36. The fourth-order valence-electron chi connectivity index (χ4n) is 2.08. The van der Waals surface area contributed by atoms with E-state index in [0.717, 1.165) is 0 Å². The molecular formula is C14H13N7O2. The molecule has 0 spiro atoms. The van der Waals surface area contributed by atoms with Gasteiger partial charge >= 0.3 is 6.03 Å². The largest absolute Gasteiger partial charge is 0.365 e. The van der Waals surface area contributed by atoms with Gasteiger partial charge in [0.05, 0.1) is 12.3 Å². The lowest BCUT2D eigenvalue weighted by atomic mass is 10.2. The van der Waals surface area contributed by atoms with Crippen molar-refractivity contribution >= 4 is 23.5 Å². The summed E-state index contributed by atoms with van der Waals surface area (Å²) >= 11 is 0. The maximum Gasteiger partial charge on any atom is 0.343 e. The first-order valence-corrected chi connectivity index (χ1v) is 6.75. The lowest BCUT2D eigenvalue weighted by Crippen LogP contribution is -2.46. The van der Waals surface area contributed by atoms with Crippen LogP contribution in [0.15, 0.2) is 35.7 Å². The number of aromatic nitrogens is 3. The van der Waals surface area contributed by atoms with Crippen LogP contribution in [0.2, 0.25) is 0 Å². The van der Waals surface area contributed by atoms with E-state index in [1.54, 1.807) is 31.3 Å². The molecule has 3 amide bonds. The second kappa shape index (κ2) is 5.79. The topological polar surface area (TPSA) is 126 Å². The van der Waals surface area contributed by atoms with Crippen molar-refractivity contribution in [1.29, 1.82) is 0 Å². The quantitative estimate of drug-likeness (QED) is 0.855. The number of anilines is 1. The number of hydrogen-bond donors (Lipinski definition) is 2. The minimum Gasteiger partial charge on any atom is -0.365 e. The fourth-order valence-corrected chi connectivity index (χ4v) is 2.08. The summed E-state index contributed by atoms with van der Waals surface area (Å²) in [5.74, 6) is -0.306. The molecule has 1 aliphatic heterocycles. The van der Waals surface area contributed by atoms with Crippen LogP contribution in [0.1, 0.15) is 17.3 Å². The predicted octanol–water partition coefficient (Wildman–Crippen LogP) is 0.543. The molecule has 0 bridgehead atoms. The Morgan fingerprint density at radius 3 is 2.87 bits per heavy atom. The average molecular weight is 311 g/mol. The van der Waals surface area contributed by atoms with Crippen LogP contribution in [-0.4, -0.2) is 39.1 Å². The van der Waals surface area contributed by atoms with E-state index in [1.165, 1.54) is 11.1 Å². The number of nitrogens with zero attached hydrogens (tertiary/aromatic N) is 5. The maximum absolute atomic E-state index is 12.0. The minimum atomic E-state index is -0.722. The number of nitrogens with one attached hydrogen (secondary N) is 1. The molecular weight excluding hydrogens is 298 g/mol. The Balaban J connectivity index is 2.11. The molecule has 23 heavy (non-hydrogen) atoms. The standard InChI is InChI=1S/C14H13N7O2/c1-8-7-21(14(23)20-19-8)13-9(11(15)22)6-17-12(18-13)10-4-2-3-5-16-10/h2-6H,7H2,1H3,(H2,15,22)(H,20,23). The van der Waals surface area contributed by atoms with Crippen LogP contribution in [0.5, 0.6) is 0 Å². The molecule has 0 unspecified atom stereocenters. The molecule has 0 fully saturated rings. The van der Waals surface area contributed by atoms with Crippen molar-refractivity contribution in [2.75, 3.05) is 11.4 Å². The summed E-state index contributed by atoms with van der Waals surface area (Å²) < 4.78 is 0. The molecule has 3 heterocycles. The van der Waals surface area contributed by atoms with Crippen molar-refractivity contribution in [3.63, 3.8) is 0 Å². The van der Waals surface area contributed by atoms with Crippen LogP contribution in [0.4, 0.5) is 10.6 Å². The molecule has 0 atom stereocenters. The van der Waals surface area contributed by atoms with Gasteiger partial charge in [-0.3, -0.25) is 14.7 Å². The van der Waals surface area contributed by atoms with E-state index in [2.05, 4.69) is 25.5 Å². The van der Waals surface area contributed by atoms with E-state index in [9.17, 15) is 9.59 Å². The summed E-state index contributed by atoms with van der Waals surface area (Å²) in [5.41, 5.74) is 8.96. The predicted molar refractivity (Wildman–Crippen MR) is 82.8 cm³/mol. The Kier molecular flexibility index (Phi) is 3.67. The van der Waals surface area contributed by atoms with E-state index in [1.807, 2.05) is 0 Å². The first-order valence-electron chi connectivity index (χ1n) is 6.75. The number of urea groups is 1. The normalized spacial score (nSPS) is 14.2. The lowest BCUT2D eigenvalue weighted by molar-refractivity contribution is 0.100. The number of hydrogen-bond acceptors (Lipinski definition) is 6. The summed E-state index contributed by atoms with van der Waals surface area (Å²) in [6.07, 6.45) is 2.90. The van der Waals surface area contributed by atoms with Crippen molar-refractivity contribution in [3.8, 4) is 11.5 Å². The monoisotopic (exact) mass is 311 g/mol. The number of pyridine rings is 1. The number of nitrogens with two attached hydrogens (primary N) is 1. The van der Waals surface area contributed by atoms with E-state index >= 15 is 0 Å². The Morgan fingerprint density at radius 2 is 2.17 bits per heavy atom. The summed E-state index contributed by atoms with van der Waals surface area (Å²) in [4.78, 5) is 37.5. The van der Waals surface area contributed by atoms with Gasteiger partial charge in [-0.1, -0.05) is 6.07 Å². The van der Waals surface area contributed by atoms with Gasteiger partial charge in [-0.15, -0.1) is 0 Å². The summed E-state index contributed by atoms with van der Waals surface area (Å²) in [6, 6.07) is 4.79. The van der Waals surface area contributed by atoms with Crippen LogP contribution in [-0.2, 0) is 0 Å². The molecule has 0 saturated carbocycles. The smallest absolute Gasteiger partial charge is 0.343 e. The van der Waals surface area contributed by atoms with Gasteiger partial charge in [0.1, 0.15) is 11.3 Å². The van der Waals surface area contributed by atoms with E-state index in [4.69, 9.17) is 5.73 Å². The highest BCUT2D eigenvalue weighted by Crippen LogP contribution is 2.22. The summed E-state index contributed by atoms with van der Waals surface area (Å²) in [5, 5.41) is 3.85. The fraction of sp³-hybridized carbons (Fsp3) is 0.143. The highest BCUT2D eigenvalue weighted by Gasteiger charge is 2.27. The van der Waals surface area contributed by atoms with Crippen molar-refractivity contribution in [3.05, 3.63) is 36.2 Å². The molecule has 1 aliphatic rings. The van der Waals surface area contributed by atoms with Gasteiger partial charge in [0.15, 0.2) is 11.6 Å². The van der Waals surface area contributed by atoms with Crippen molar-refractivity contribution < 1.29 is 9.59 Å². The van der Waals surface area contributed by atoms with E-state index in [-0.39, 0.29) is 17.9 Å². The molecule has 9 heteroatoms. The summed E-state index contributed by atoms with van der Waals surface area (Å²) in [6.45, 7) is 1.95. The number of carbonyl (C=O) groups excluding carboxylic acids is 2. The molecule has 9 nitrogen and oxygen atoms in total. The van der Waals surface area contributed by atoms with Crippen molar-refractivity contribution in [2.45, 2.75) is 6.92 Å². The zero-order chi connectivity index (χ0) is 16.4. The molecule has 2 aromatic rings. The number of carbonyl (C=O) groups is 2. The zero-order valence-corrected chi connectivity index (χ0v) is 12.2. The Labute approximate surface area is 131 Å². The third kappa shape index (κ3) is 2.84. The van der Waals surface area contributed by atoms with Crippen LogP contribution in [0.25, 0.3) is 11.5 Å². The summed E-state index contributed by atoms with van der Waals surface area (Å²) in [7, 11) is 0. The molecule has 0 saturated heterocycles. The van der Waals surface area contributed by atoms with Crippen LogP contribution in [0, 0.1) is 0 Å². The third-order valence-electron chi connectivity index (χ3n) is 3.16. The lowest BCUT2D eigenvalue weighted by Gasteiger charge is -2.25. The van der Waals surface area contributed by atoms with Gasteiger partial charge in [0, 0.05) is 12.4 Å². The number of amides is 3. The first kappa shape index (κ1) is 14.6. The van der Waals surface area contributed by atoms with Gasteiger partial charge in [0.25, 0.3) is 5.91 Å². The maximum atomic E-state index is 12.0. The Bertz CT molecular complexity index is 804. The van der Waals surface area contributed by atoms with Gasteiger partial charge in [0.2, 0.25) is 0 Å². The van der Waals surface area contributed by atoms with Crippen LogP contribution >= 0.6 is 0 Å². The van der Waals surface area contributed by atoms with E-state index < -0.39 is 11.9 Å². The average Bonchev–Trinajstić information content (AvgIpc) is 2.57. The number of primary amides is 1. The first-order chi connectivity index (χ1) is 11.1.